The van der Waals surface area contributed by atoms with E-state index in [-0.39, 0.29) is 11.4 Å². The van der Waals surface area contributed by atoms with E-state index in [0.717, 1.165) is 24.6 Å². The summed E-state index contributed by atoms with van der Waals surface area (Å²) in [4.78, 5) is 10.1. The highest BCUT2D eigenvalue weighted by molar-refractivity contribution is 5.65. The second-order valence-corrected chi connectivity index (χ2v) is 4.54. The molecule has 0 aliphatic heterocycles. The summed E-state index contributed by atoms with van der Waals surface area (Å²) >= 11 is 0. The fourth-order valence-corrected chi connectivity index (χ4v) is 1.86. The predicted octanol–water partition coefficient (Wildman–Crippen LogP) is 2.78. The van der Waals surface area contributed by atoms with Crippen LogP contribution in [-0.2, 0) is 0 Å². The van der Waals surface area contributed by atoms with Crippen LogP contribution in [0.2, 0.25) is 0 Å². The van der Waals surface area contributed by atoms with Gasteiger partial charge in [0.2, 0.25) is 0 Å². The van der Waals surface area contributed by atoms with Crippen molar-refractivity contribution in [2.24, 2.45) is 5.92 Å². The molecule has 0 amide bonds. The molecule has 3 N–H and O–H groups in total. The number of nitrogens with one attached hydrogen (secondary N) is 1. The van der Waals surface area contributed by atoms with Crippen molar-refractivity contribution in [3.05, 3.63) is 28.3 Å². The van der Waals surface area contributed by atoms with Crippen LogP contribution in [-0.4, -0.2) is 11.5 Å². The molecule has 0 atom stereocenters. The molecular weight excluding hydrogens is 218 g/mol. The summed E-state index contributed by atoms with van der Waals surface area (Å²) in [7, 11) is 0. The highest BCUT2D eigenvalue weighted by Gasteiger charge is 2.19. The molecule has 0 heterocycles. The van der Waals surface area contributed by atoms with E-state index in [9.17, 15) is 10.1 Å². The maximum Gasteiger partial charge on any atom is 0.292 e. The van der Waals surface area contributed by atoms with E-state index in [1.54, 1.807) is 12.1 Å². The van der Waals surface area contributed by atoms with Gasteiger partial charge in [-0.2, -0.15) is 0 Å². The lowest BCUT2D eigenvalue weighted by atomic mass is 10.2. The Labute approximate surface area is 100 Å². The Hall–Kier alpha value is -1.78. The first-order chi connectivity index (χ1) is 8.16. The standard InChI is InChI=1S/C12H17N3O2/c13-11-8-10(5-6-12(11)15(16)17)14-7-1-2-9-3-4-9/h5-6,8-9,14H,1-4,7,13H2. The summed E-state index contributed by atoms with van der Waals surface area (Å²) in [5.41, 5.74) is 6.63. The molecule has 0 spiro atoms. The van der Waals surface area contributed by atoms with Crippen molar-refractivity contribution < 1.29 is 4.92 Å². The number of nitrogens with two attached hydrogens (primary N) is 1. The number of nitrogen functional groups attached to an aromatic ring is 1. The van der Waals surface area contributed by atoms with Crippen molar-refractivity contribution in [3.8, 4) is 0 Å². The van der Waals surface area contributed by atoms with Gasteiger partial charge in [0.1, 0.15) is 5.69 Å². The molecule has 5 heteroatoms. The lowest BCUT2D eigenvalue weighted by Gasteiger charge is -2.06. The molecule has 0 aromatic heterocycles. The zero-order chi connectivity index (χ0) is 12.3. The van der Waals surface area contributed by atoms with E-state index in [0.29, 0.717) is 0 Å². The lowest BCUT2D eigenvalue weighted by molar-refractivity contribution is -0.383. The van der Waals surface area contributed by atoms with Crippen molar-refractivity contribution in [2.45, 2.75) is 25.7 Å². The molecule has 17 heavy (non-hydrogen) atoms. The van der Waals surface area contributed by atoms with Crippen LogP contribution < -0.4 is 11.1 Å². The van der Waals surface area contributed by atoms with Crippen molar-refractivity contribution in [1.82, 2.24) is 0 Å². The Bertz CT molecular complexity index is 416. The monoisotopic (exact) mass is 235 g/mol. The van der Waals surface area contributed by atoms with Crippen molar-refractivity contribution in [3.63, 3.8) is 0 Å². The minimum Gasteiger partial charge on any atom is -0.393 e. The van der Waals surface area contributed by atoms with Gasteiger partial charge < -0.3 is 11.1 Å². The average molecular weight is 235 g/mol. The van der Waals surface area contributed by atoms with Crippen LogP contribution in [0.3, 0.4) is 0 Å². The first-order valence-electron chi connectivity index (χ1n) is 5.94. The Morgan fingerprint density at radius 2 is 2.24 bits per heavy atom. The molecule has 1 aliphatic rings. The summed E-state index contributed by atoms with van der Waals surface area (Å²) in [5.74, 6) is 0.943. The number of hydrogen-bond donors (Lipinski definition) is 2. The normalized spacial score (nSPS) is 14.6. The molecule has 0 bridgehead atoms. The molecule has 1 saturated carbocycles. The Balaban J connectivity index is 1.83. The summed E-state index contributed by atoms with van der Waals surface area (Å²) in [6.45, 7) is 0.897. The summed E-state index contributed by atoms with van der Waals surface area (Å²) in [6, 6.07) is 4.76. The second-order valence-electron chi connectivity index (χ2n) is 4.54. The van der Waals surface area contributed by atoms with Crippen LogP contribution in [0.15, 0.2) is 18.2 Å². The fourth-order valence-electron chi connectivity index (χ4n) is 1.86. The van der Waals surface area contributed by atoms with Gasteiger partial charge in [-0.25, -0.2) is 0 Å². The molecule has 1 aromatic rings. The molecule has 1 fully saturated rings. The van der Waals surface area contributed by atoms with Gasteiger partial charge in [-0.05, 0) is 30.9 Å². The summed E-state index contributed by atoms with van der Waals surface area (Å²) in [6.07, 6.45) is 5.17. The lowest BCUT2D eigenvalue weighted by Crippen LogP contribution is -2.03. The van der Waals surface area contributed by atoms with Crippen molar-refractivity contribution in [2.75, 3.05) is 17.6 Å². The molecule has 0 radical (unpaired) electrons. The van der Waals surface area contributed by atoms with Crippen LogP contribution in [0.1, 0.15) is 25.7 Å². The van der Waals surface area contributed by atoms with Gasteiger partial charge >= 0.3 is 0 Å². The van der Waals surface area contributed by atoms with Crippen molar-refractivity contribution in [1.29, 1.82) is 0 Å². The Morgan fingerprint density at radius 1 is 1.47 bits per heavy atom. The maximum absolute atomic E-state index is 10.6. The zero-order valence-electron chi connectivity index (χ0n) is 9.69. The molecule has 1 aliphatic carbocycles. The molecule has 2 rings (SSSR count). The third-order valence-electron chi connectivity index (χ3n) is 3.04. The van der Waals surface area contributed by atoms with E-state index in [4.69, 9.17) is 5.73 Å². The summed E-state index contributed by atoms with van der Waals surface area (Å²) in [5, 5.41) is 13.8. The quantitative estimate of drug-likeness (QED) is 0.344. The third kappa shape index (κ3) is 3.34. The molecular formula is C12H17N3O2. The van der Waals surface area contributed by atoms with E-state index < -0.39 is 4.92 Å². The maximum atomic E-state index is 10.6. The number of nitro benzene ring substituents is 1. The van der Waals surface area contributed by atoms with E-state index in [1.165, 1.54) is 25.3 Å². The number of hydrogen-bond acceptors (Lipinski definition) is 4. The number of anilines is 2. The topological polar surface area (TPSA) is 81.2 Å². The first-order valence-corrected chi connectivity index (χ1v) is 5.94. The first kappa shape index (κ1) is 11.7. The molecule has 1 aromatic carbocycles. The Kier molecular flexibility index (Phi) is 3.46. The smallest absolute Gasteiger partial charge is 0.292 e. The number of nitro groups is 1. The van der Waals surface area contributed by atoms with Crippen LogP contribution in [0, 0.1) is 16.0 Å². The SMILES string of the molecule is Nc1cc(NCCCC2CC2)ccc1[N+](=O)[O-]. The van der Waals surface area contributed by atoms with E-state index in [2.05, 4.69) is 5.32 Å². The number of nitrogens with zero attached hydrogens (tertiary/aromatic N) is 1. The van der Waals surface area contributed by atoms with Gasteiger partial charge in [0.15, 0.2) is 0 Å². The van der Waals surface area contributed by atoms with Crippen LogP contribution in [0.5, 0.6) is 0 Å². The second kappa shape index (κ2) is 5.03. The average Bonchev–Trinajstić information content (AvgIpc) is 3.08. The van der Waals surface area contributed by atoms with E-state index in [1.807, 2.05) is 0 Å². The van der Waals surface area contributed by atoms with Gasteiger partial charge in [0, 0.05) is 18.3 Å². The molecule has 0 saturated heterocycles. The number of benzene rings is 1. The summed E-state index contributed by atoms with van der Waals surface area (Å²) < 4.78 is 0. The zero-order valence-corrected chi connectivity index (χ0v) is 9.69. The van der Waals surface area contributed by atoms with E-state index >= 15 is 0 Å². The van der Waals surface area contributed by atoms with Gasteiger partial charge in [-0.15, -0.1) is 0 Å². The highest BCUT2D eigenvalue weighted by atomic mass is 16.6. The fraction of sp³-hybridized carbons (Fsp3) is 0.500. The minimum atomic E-state index is -0.466. The van der Waals surface area contributed by atoms with Gasteiger partial charge in [-0.1, -0.05) is 12.8 Å². The van der Waals surface area contributed by atoms with Gasteiger partial charge in [0.25, 0.3) is 5.69 Å². The van der Waals surface area contributed by atoms with Gasteiger partial charge in [0.05, 0.1) is 4.92 Å². The molecule has 5 nitrogen and oxygen atoms in total. The number of rotatable bonds is 6. The Morgan fingerprint density at radius 3 is 2.82 bits per heavy atom. The minimum absolute atomic E-state index is 0.0338. The predicted molar refractivity (Wildman–Crippen MR) is 68.0 cm³/mol. The van der Waals surface area contributed by atoms with Crippen molar-refractivity contribution >= 4 is 17.1 Å². The largest absolute Gasteiger partial charge is 0.393 e. The van der Waals surface area contributed by atoms with Crippen LogP contribution in [0.4, 0.5) is 17.1 Å². The molecule has 0 unspecified atom stereocenters. The highest BCUT2D eigenvalue weighted by Crippen LogP contribution is 2.33. The van der Waals surface area contributed by atoms with Crippen LogP contribution >= 0.6 is 0 Å². The van der Waals surface area contributed by atoms with Gasteiger partial charge in [-0.3, -0.25) is 10.1 Å². The molecule has 92 valence electrons. The third-order valence-corrected chi connectivity index (χ3v) is 3.04. The van der Waals surface area contributed by atoms with Crippen LogP contribution in [0.25, 0.3) is 0 Å².